The zero-order valence-electron chi connectivity index (χ0n) is 31.3. The van der Waals surface area contributed by atoms with E-state index in [9.17, 15) is 14.7 Å². The molecule has 2 atom stereocenters. The largest absolute Gasteiger partial charge is 0.508 e. The summed E-state index contributed by atoms with van der Waals surface area (Å²) in [5.41, 5.74) is 7.46. The van der Waals surface area contributed by atoms with E-state index in [1.807, 2.05) is 79.1 Å². The average Bonchev–Trinajstić information content (AvgIpc) is 3.82. The Labute approximate surface area is 329 Å². The Kier molecular flexibility index (Phi) is 9.25. The Morgan fingerprint density at radius 2 is 1.04 bits per heavy atom. The second-order valence-electron chi connectivity index (χ2n) is 14.2. The van der Waals surface area contributed by atoms with Crippen molar-refractivity contribution in [2.24, 2.45) is 9.98 Å². The van der Waals surface area contributed by atoms with Crippen LogP contribution in [0.15, 0.2) is 126 Å². The zero-order valence-corrected chi connectivity index (χ0v) is 31.3. The molecule has 0 fully saturated rings. The molecule has 11 heteroatoms. The highest BCUT2D eigenvalue weighted by Crippen LogP contribution is 2.42. The van der Waals surface area contributed by atoms with Crippen molar-refractivity contribution in [1.82, 2.24) is 9.80 Å². The van der Waals surface area contributed by atoms with Crippen LogP contribution in [0.2, 0.25) is 0 Å². The minimum Gasteiger partial charge on any atom is -0.508 e. The fourth-order valence-electron chi connectivity index (χ4n) is 7.68. The molecule has 0 bridgehead atoms. The Balaban J connectivity index is 0.897. The molecule has 0 radical (unpaired) electrons. The molecule has 11 nitrogen and oxygen atoms in total. The minimum atomic E-state index is -0.201. The van der Waals surface area contributed by atoms with E-state index in [0.29, 0.717) is 69.5 Å². The zero-order chi connectivity index (χ0) is 39.0. The molecule has 0 saturated heterocycles. The number of carbonyl (C=O) groups excluding carboxylic acids is 2. The van der Waals surface area contributed by atoms with Crippen molar-refractivity contribution in [2.45, 2.75) is 38.1 Å². The van der Waals surface area contributed by atoms with Crippen LogP contribution >= 0.6 is 0 Å². The van der Waals surface area contributed by atoms with Gasteiger partial charge in [0.05, 0.1) is 48.8 Å². The highest BCUT2D eigenvalue weighted by atomic mass is 16.5. The van der Waals surface area contributed by atoms with Crippen LogP contribution in [0.1, 0.15) is 55.8 Å². The van der Waals surface area contributed by atoms with E-state index in [-0.39, 0.29) is 42.9 Å². The van der Waals surface area contributed by atoms with Crippen LogP contribution in [0, 0.1) is 0 Å². The third-order valence-electron chi connectivity index (χ3n) is 10.5. The number of hydrogen-bond donors (Lipinski definition) is 1. The molecule has 284 valence electrons. The van der Waals surface area contributed by atoms with Gasteiger partial charge in [0, 0.05) is 49.8 Å². The minimum absolute atomic E-state index is 0.0370. The van der Waals surface area contributed by atoms with E-state index in [0.717, 1.165) is 22.3 Å². The fraction of sp³-hybridized carbons (Fsp3) is 0.174. The monoisotopic (exact) mass is 758 g/mol. The molecule has 5 aromatic rings. The van der Waals surface area contributed by atoms with Crippen molar-refractivity contribution in [3.05, 3.63) is 149 Å². The molecule has 0 saturated carbocycles. The number of nitrogens with zero attached hydrogens (tertiary/aromatic N) is 4. The Bertz CT molecular complexity index is 2360. The second-order valence-corrected chi connectivity index (χ2v) is 14.2. The summed E-state index contributed by atoms with van der Waals surface area (Å²) in [7, 11) is 3.05. The summed E-state index contributed by atoms with van der Waals surface area (Å²) in [5, 5.41) is 10.7. The van der Waals surface area contributed by atoms with Crippen LogP contribution in [0.4, 0.5) is 11.4 Å². The number of amides is 2. The Hall–Kier alpha value is -7.14. The number of aromatic hydroxyl groups is 1. The first-order valence-electron chi connectivity index (χ1n) is 18.6. The fourth-order valence-corrected chi connectivity index (χ4v) is 7.68. The third kappa shape index (κ3) is 6.88. The maximum Gasteiger partial charge on any atom is 0.260 e. The van der Waals surface area contributed by atoms with E-state index in [4.69, 9.17) is 28.9 Å². The third-order valence-corrected chi connectivity index (χ3v) is 10.5. The topological polar surface area (TPSA) is 122 Å². The number of phenolic OH excluding ortho intramolecular Hbond substituents is 1. The number of aliphatic imine (C=N–C) groups is 2. The number of phenols is 1. The standard InChI is InChI=1S/C46H38N4O7/c1-54-41-18-37-39(47-22-34-16-32(24-49(34)45(37)52)30-9-5-3-6-10-30)20-43(41)56-26-28-13-29(15-36(51)14-28)27-57-44-21-40-38(19-42(44)55-2)46(53)50-25-33(17-35(50)23-48-40)31-11-7-4-8-12-31/h3-15,18-25,34-35,51H,16-17,26-27H2,1-2H3/t34-,35-/m0/s1. The molecule has 0 aromatic heterocycles. The molecule has 4 aliphatic heterocycles. The first-order chi connectivity index (χ1) is 27.8. The SMILES string of the molecule is COc1cc2c(cc1OCc1cc(O)cc(COc3cc4c(cc3OC)C(=O)N3C=C(c5ccccc5)C[C@H]3C=N4)c1)N=C[C@@H]1CC(c3ccccc3)=CN1C2=O. The highest BCUT2D eigenvalue weighted by molar-refractivity contribution is 6.06. The molecule has 4 aliphatic rings. The van der Waals surface area contributed by atoms with E-state index in [1.165, 1.54) is 14.2 Å². The molecular formula is C46H38N4O7. The van der Waals surface area contributed by atoms with Gasteiger partial charge in [-0.25, -0.2) is 0 Å². The van der Waals surface area contributed by atoms with Gasteiger partial charge in [-0.05, 0) is 63.7 Å². The van der Waals surface area contributed by atoms with Crippen molar-refractivity contribution in [3.63, 3.8) is 0 Å². The van der Waals surface area contributed by atoms with E-state index >= 15 is 0 Å². The van der Waals surface area contributed by atoms with Gasteiger partial charge in [-0.2, -0.15) is 0 Å². The van der Waals surface area contributed by atoms with Crippen LogP contribution < -0.4 is 18.9 Å². The smallest absolute Gasteiger partial charge is 0.260 e. The maximum absolute atomic E-state index is 13.8. The predicted octanol–water partition coefficient (Wildman–Crippen LogP) is 8.51. The van der Waals surface area contributed by atoms with Crippen molar-refractivity contribution < 1.29 is 33.6 Å². The first-order valence-corrected chi connectivity index (χ1v) is 18.6. The quantitative estimate of drug-likeness (QED) is 0.152. The average molecular weight is 759 g/mol. The molecule has 2 amide bonds. The summed E-state index contributed by atoms with van der Waals surface area (Å²) in [6, 6.07) is 31.5. The summed E-state index contributed by atoms with van der Waals surface area (Å²) >= 11 is 0. The van der Waals surface area contributed by atoms with Gasteiger partial charge in [0.15, 0.2) is 23.0 Å². The summed E-state index contributed by atoms with van der Waals surface area (Å²) in [6.45, 7) is 0.173. The van der Waals surface area contributed by atoms with Gasteiger partial charge in [0.25, 0.3) is 11.8 Å². The van der Waals surface area contributed by atoms with Gasteiger partial charge in [-0.15, -0.1) is 0 Å². The van der Waals surface area contributed by atoms with Crippen molar-refractivity contribution >= 4 is 46.8 Å². The predicted molar refractivity (Wildman–Crippen MR) is 217 cm³/mol. The molecule has 5 aromatic carbocycles. The van der Waals surface area contributed by atoms with Crippen LogP contribution in [-0.2, 0) is 13.2 Å². The molecule has 0 aliphatic carbocycles. The van der Waals surface area contributed by atoms with Gasteiger partial charge in [-0.1, -0.05) is 60.7 Å². The number of carbonyl (C=O) groups is 2. The van der Waals surface area contributed by atoms with Crippen LogP contribution in [0.25, 0.3) is 11.1 Å². The first kappa shape index (κ1) is 35.6. The molecule has 4 heterocycles. The normalized spacial score (nSPS) is 17.8. The Morgan fingerprint density at radius 1 is 0.596 bits per heavy atom. The number of ether oxygens (including phenoxy) is 4. The maximum atomic E-state index is 13.8. The van der Waals surface area contributed by atoms with Gasteiger partial charge >= 0.3 is 0 Å². The lowest BCUT2D eigenvalue weighted by molar-refractivity contribution is 0.0809. The molecule has 9 rings (SSSR count). The van der Waals surface area contributed by atoms with Crippen molar-refractivity contribution in [1.29, 1.82) is 0 Å². The lowest BCUT2D eigenvalue weighted by Crippen LogP contribution is -2.32. The Morgan fingerprint density at radius 3 is 1.46 bits per heavy atom. The van der Waals surface area contributed by atoms with Gasteiger partial charge in [-0.3, -0.25) is 19.6 Å². The number of benzene rings is 5. The molecule has 57 heavy (non-hydrogen) atoms. The van der Waals surface area contributed by atoms with Gasteiger partial charge < -0.3 is 33.9 Å². The second kappa shape index (κ2) is 14.8. The molecule has 0 spiro atoms. The summed E-state index contributed by atoms with van der Waals surface area (Å²) in [5.74, 6) is 1.28. The number of hydrogen-bond acceptors (Lipinski definition) is 9. The van der Waals surface area contributed by atoms with Crippen LogP contribution in [-0.4, -0.2) is 65.5 Å². The van der Waals surface area contributed by atoms with Crippen molar-refractivity contribution in [3.8, 4) is 28.7 Å². The van der Waals surface area contributed by atoms with Crippen LogP contribution in [0.3, 0.4) is 0 Å². The lowest BCUT2D eigenvalue weighted by atomic mass is 10.0. The van der Waals surface area contributed by atoms with Gasteiger partial charge in [0.2, 0.25) is 0 Å². The number of rotatable bonds is 10. The number of methoxy groups -OCH3 is 2. The van der Waals surface area contributed by atoms with Gasteiger partial charge in [0.1, 0.15) is 19.0 Å². The summed E-state index contributed by atoms with van der Waals surface area (Å²) in [4.78, 5) is 40.4. The van der Waals surface area contributed by atoms with E-state index in [2.05, 4.69) is 0 Å². The van der Waals surface area contributed by atoms with E-state index in [1.54, 1.807) is 58.6 Å². The number of fused-ring (bicyclic) bond motifs is 4. The summed E-state index contributed by atoms with van der Waals surface area (Å²) < 4.78 is 23.8. The van der Waals surface area contributed by atoms with Crippen molar-refractivity contribution in [2.75, 3.05) is 14.2 Å². The van der Waals surface area contributed by atoms with Crippen LogP contribution in [0.5, 0.6) is 28.7 Å². The lowest BCUT2D eigenvalue weighted by Gasteiger charge is -2.19. The molecule has 0 unspecified atom stereocenters. The summed E-state index contributed by atoms with van der Waals surface area (Å²) in [6.07, 6.45) is 8.75. The van der Waals surface area contributed by atoms with E-state index < -0.39 is 0 Å². The molecule has 1 N–H and O–H groups in total. The highest BCUT2D eigenvalue weighted by Gasteiger charge is 2.35. The molecular weight excluding hydrogens is 721 g/mol.